The van der Waals surface area contributed by atoms with E-state index >= 15 is 0 Å². The summed E-state index contributed by atoms with van der Waals surface area (Å²) in [7, 11) is 0. The zero-order chi connectivity index (χ0) is 84.6. The average molecular weight is 1710 g/mol. The molecule has 0 radical (unpaired) electrons. The van der Waals surface area contributed by atoms with E-state index in [1.54, 1.807) is 0 Å². The lowest BCUT2D eigenvalue weighted by molar-refractivity contribution is -0.402. The van der Waals surface area contributed by atoms with Crippen LogP contribution in [-0.2, 0) is 99.5 Å². The summed E-state index contributed by atoms with van der Waals surface area (Å²) in [6, 6.07) is 0. The molecule has 11 aliphatic rings. The second kappa shape index (κ2) is 40.9. The predicted molar refractivity (Wildman–Crippen MR) is 344 cm³/mol. The van der Waals surface area contributed by atoms with Crippen LogP contribution in [0.4, 0.5) is 0 Å². The minimum absolute atomic E-state index is 0.622. The molecule has 0 aromatic carbocycles. The Morgan fingerprint density at radius 3 is 0.612 bits per heavy atom. The highest BCUT2D eigenvalue weighted by atomic mass is 16.8. The number of ether oxygens (including phenoxy) is 21. The molecule has 53 nitrogen and oxygen atoms in total. The molecule has 11 aliphatic heterocycles. The third kappa shape index (κ3) is 20.1. The van der Waals surface area contributed by atoms with E-state index in [0.29, 0.717) is 0 Å². The maximum atomic E-state index is 12.2. The molecule has 0 spiro atoms. The van der Waals surface area contributed by atoms with Gasteiger partial charge < -0.3 is 263 Å². The molecule has 0 aromatic rings. The maximum absolute atomic E-state index is 12.2. The molecule has 116 heavy (non-hydrogen) atoms. The van der Waals surface area contributed by atoms with Gasteiger partial charge in [-0.3, -0.25) is 0 Å². The quantitative estimate of drug-likeness (QED) is 0.0346. The largest absolute Gasteiger partial charge is 0.394 e. The van der Waals surface area contributed by atoms with Crippen LogP contribution in [0.25, 0.3) is 0 Å². The molecule has 53 heteroatoms. The van der Waals surface area contributed by atoms with Crippen LogP contribution >= 0.6 is 0 Å². The molecule has 11 heterocycles. The van der Waals surface area contributed by atoms with Crippen molar-refractivity contribution in [2.24, 2.45) is 0 Å². The Bertz CT molecular complexity index is 2950. The Morgan fingerprint density at radius 2 is 0.371 bits per heavy atom. The summed E-state index contributed by atoms with van der Waals surface area (Å²) < 4.78 is 120. The van der Waals surface area contributed by atoms with E-state index in [4.69, 9.17) is 99.5 Å². The standard InChI is InChI=1S/C63H106O53/c64-1-15-26(75)27(76)39(88)57(103-15)111-47-17(3-66)104-58(40(89)29(47)78)112-48-18(4-67)105-59(41(90)30(48)79)113-49-19(5-68)106-60(42(91)31(49)80)114-50-20(9-99-54-36(85)23(72)12(69)6-96-54)108-62(44(93)33(50)82)116-52-22(11-101-56-38(87)25(74)14(71)8-98-56)109-63(45(94)34(52)83)115-51-21(10-100-55-37(86)24(73)13(70)7-97-55)107-61(43(92)32(51)81)110-46-16(2-65)102-53(95)35(84)28(46)77/h12-95H,1-11H2/t12-,13-,14-,15-,16-,17-,18-,19-,20-,21-,22-,23+,24+,25+,26-,27+,28-,29-,30-,31-,32-,33-,34-,35-,36-,37-,38-,39-,40-,41-,42-,43-,44-,45-,46-,47-,48-,49-,50-,51-,52-,53?,54-,55-,56-,57+,58+,59+,60+,61+,62+,63+/m1/s1. The van der Waals surface area contributed by atoms with Gasteiger partial charge in [0.05, 0.1) is 72.7 Å². The first-order valence-corrected chi connectivity index (χ1v) is 36.9. The molecule has 0 amide bonds. The van der Waals surface area contributed by atoms with Crippen LogP contribution < -0.4 is 0 Å². The van der Waals surface area contributed by atoms with E-state index in [9.17, 15) is 163 Å². The van der Waals surface area contributed by atoms with Gasteiger partial charge in [-0.25, -0.2) is 0 Å². The molecule has 1 unspecified atom stereocenters. The molecule has 11 fully saturated rings. The Morgan fingerprint density at radius 1 is 0.181 bits per heavy atom. The van der Waals surface area contributed by atoms with Gasteiger partial charge in [0, 0.05) is 0 Å². The molecule has 0 bridgehead atoms. The van der Waals surface area contributed by atoms with Crippen molar-refractivity contribution in [3.8, 4) is 0 Å². The molecule has 0 aromatic heterocycles. The van der Waals surface area contributed by atoms with Gasteiger partial charge in [-0.2, -0.15) is 0 Å². The summed E-state index contributed by atoms with van der Waals surface area (Å²) >= 11 is 0. The monoisotopic (exact) mass is 1710 g/mol. The van der Waals surface area contributed by atoms with Crippen LogP contribution in [0.3, 0.4) is 0 Å². The van der Waals surface area contributed by atoms with Crippen molar-refractivity contribution in [1.29, 1.82) is 0 Å². The first-order valence-electron chi connectivity index (χ1n) is 36.9. The van der Waals surface area contributed by atoms with Gasteiger partial charge in [0.25, 0.3) is 0 Å². The van der Waals surface area contributed by atoms with Crippen molar-refractivity contribution in [1.82, 2.24) is 0 Å². The van der Waals surface area contributed by atoms with Gasteiger partial charge in [0.2, 0.25) is 0 Å². The normalized spacial score (nSPS) is 54.0. The fraction of sp³-hybridized carbons (Fsp3) is 1.00. The zero-order valence-electron chi connectivity index (χ0n) is 60.7. The zero-order valence-corrected chi connectivity index (χ0v) is 60.7. The van der Waals surface area contributed by atoms with E-state index in [0.717, 1.165) is 0 Å². The third-order valence-electron chi connectivity index (χ3n) is 21.7. The Hall–Kier alpha value is -2.12. The lowest BCUT2D eigenvalue weighted by atomic mass is 9.95. The Kier molecular flexibility index (Phi) is 33.3. The van der Waals surface area contributed by atoms with Gasteiger partial charge in [-0.15, -0.1) is 0 Å². The molecule has 676 valence electrons. The Balaban J connectivity index is 0.796. The van der Waals surface area contributed by atoms with Gasteiger partial charge in [-0.1, -0.05) is 0 Å². The van der Waals surface area contributed by atoms with Crippen molar-refractivity contribution in [2.45, 2.75) is 319 Å². The molecule has 52 atom stereocenters. The third-order valence-corrected chi connectivity index (χ3v) is 21.7. The van der Waals surface area contributed by atoms with E-state index < -0.39 is 392 Å². The second-order valence-corrected chi connectivity index (χ2v) is 29.6. The van der Waals surface area contributed by atoms with Crippen LogP contribution in [-0.4, -0.2) is 556 Å². The molecule has 11 saturated heterocycles. The van der Waals surface area contributed by atoms with Crippen molar-refractivity contribution >= 4 is 0 Å². The number of hydrogen-bond acceptors (Lipinski definition) is 53. The van der Waals surface area contributed by atoms with Crippen molar-refractivity contribution < 1.29 is 263 Å². The molecule has 0 aliphatic carbocycles. The van der Waals surface area contributed by atoms with Gasteiger partial charge >= 0.3 is 0 Å². The van der Waals surface area contributed by atoms with Crippen molar-refractivity contribution in [3.63, 3.8) is 0 Å². The first-order chi connectivity index (χ1) is 55.0. The molecule has 32 N–H and O–H groups in total. The second-order valence-electron chi connectivity index (χ2n) is 29.6. The molecule has 0 saturated carbocycles. The summed E-state index contributed by atoms with van der Waals surface area (Å²) in [6.07, 6.45) is -107. The van der Waals surface area contributed by atoms with Crippen molar-refractivity contribution in [2.75, 3.05) is 72.7 Å². The van der Waals surface area contributed by atoms with Crippen LogP contribution in [0.2, 0.25) is 0 Å². The Labute approximate surface area is 653 Å². The topological polar surface area (TPSA) is 841 Å². The highest BCUT2D eigenvalue weighted by molar-refractivity contribution is 5.03. The van der Waals surface area contributed by atoms with E-state index in [-0.39, 0.29) is 0 Å². The van der Waals surface area contributed by atoms with E-state index in [1.807, 2.05) is 0 Å². The number of aliphatic hydroxyl groups is 32. The molecular weight excluding hydrogens is 1600 g/mol. The van der Waals surface area contributed by atoms with Crippen LogP contribution in [0.5, 0.6) is 0 Å². The number of aliphatic hydroxyl groups excluding tert-OH is 32. The predicted octanol–water partition coefficient (Wildman–Crippen LogP) is -23.1. The highest BCUT2D eigenvalue weighted by Gasteiger charge is 2.61. The minimum atomic E-state index is -2.51. The molecule has 11 rings (SSSR count). The first kappa shape index (κ1) is 94.6. The van der Waals surface area contributed by atoms with Gasteiger partial charge in [0.1, 0.15) is 250 Å². The van der Waals surface area contributed by atoms with Crippen LogP contribution in [0.15, 0.2) is 0 Å². The highest BCUT2D eigenvalue weighted by Crippen LogP contribution is 2.40. The van der Waals surface area contributed by atoms with E-state index in [1.165, 1.54) is 0 Å². The summed E-state index contributed by atoms with van der Waals surface area (Å²) in [6.45, 7) is -10.3. The summed E-state index contributed by atoms with van der Waals surface area (Å²) in [5.41, 5.74) is 0. The van der Waals surface area contributed by atoms with Crippen LogP contribution in [0, 0.1) is 0 Å². The van der Waals surface area contributed by atoms with E-state index in [2.05, 4.69) is 0 Å². The van der Waals surface area contributed by atoms with Crippen LogP contribution in [0.1, 0.15) is 0 Å². The average Bonchev–Trinajstić information content (AvgIpc) is 0.770. The lowest BCUT2D eigenvalue weighted by Gasteiger charge is -2.50. The maximum Gasteiger partial charge on any atom is 0.187 e. The molecular formula is C63H106O53. The SMILES string of the molecule is OC[C@H]1O[C@@H](O[C@H]2[C@H](O)[C@@H](O)[C@H](O[C@H]3[C@H](O)[C@@H](O)[C@H](O[C@H]4[C@H](O)[C@@H](O)[C@H](O[C@H]5[C@H](O)[C@@H](O)[C@H](O[C@H]6[C@H](O)[C@@H](O)[C@H](O[C@H]7[C@H](O)[C@@H](O)[C@H](O[C@H]8[C@H](O)[C@@H](O)C(O)O[C@@H]8CO)O[C@@H]7CO[C@H]7OC[C@@H](O)[C@H](O)[C@H]7O)O[C@@H]6CO[C@H]6OC[C@@H](O)[C@H](O)[C@H]6O)O[C@@H]5CO[C@H]5OC[C@@H](O)[C@H](O)[C@H]5O)O[C@@H]4CO)O[C@@H]3CO)O[C@@H]2CO)[C@H](O)[C@@H](O)[C@@H]1O. The minimum Gasteiger partial charge on any atom is -0.394 e. The van der Waals surface area contributed by atoms with Gasteiger partial charge in [-0.05, 0) is 0 Å². The van der Waals surface area contributed by atoms with Gasteiger partial charge in [0.15, 0.2) is 69.2 Å². The fourth-order valence-corrected chi connectivity index (χ4v) is 14.8. The van der Waals surface area contributed by atoms with Crippen molar-refractivity contribution in [3.05, 3.63) is 0 Å². The fourth-order valence-electron chi connectivity index (χ4n) is 14.8. The summed E-state index contributed by atoms with van der Waals surface area (Å²) in [5.74, 6) is 0. The summed E-state index contributed by atoms with van der Waals surface area (Å²) in [4.78, 5) is 0. The number of rotatable bonds is 28. The smallest absolute Gasteiger partial charge is 0.187 e. The lowest BCUT2D eigenvalue weighted by Crippen LogP contribution is -2.69. The summed E-state index contributed by atoms with van der Waals surface area (Å²) in [5, 5.41) is 349. The number of hydrogen-bond donors (Lipinski definition) is 32.